The van der Waals surface area contributed by atoms with Gasteiger partial charge in [-0.2, -0.15) is 13.2 Å². The molecule has 0 saturated carbocycles. The molecule has 0 saturated heterocycles. The zero-order valence-electron chi connectivity index (χ0n) is 11.5. The van der Waals surface area contributed by atoms with Crippen molar-refractivity contribution >= 4 is 11.8 Å². The van der Waals surface area contributed by atoms with E-state index in [2.05, 4.69) is 5.32 Å². The molecular formula is C13H18F3NO3S. The monoisotopic (exact) mass is 325 g/mol. The van der Waals surface area contributed by atoms with Gasteiger partial charge in [-0.3, -0.25) is 0 Å². The molecule has 0 radical (unpaired) electrons. The molecule has 8 heteroatoms. The SMILES string of the molecule is COc1ccccc1OCC(O)CNCCSC(F)(F)F. The third-order valence-electron chi connectivity index (χ3n) is 2.42. The zero-order valence-corrected chi connectivity index (χ0v) is 12.3. The summed E-state index contributed by atoms with van der Waals surface area (Å²) in [7, 11) is 1.51. The Kier molecular flexibility index (Phi) is 7.69. The van der Waals surface area contributed by atoms with Crippen molar-refractivity contribution in [1.82, 2.24) is 5.32 Å². The molecule has 0 fully saturated rings. The van der Waals surface area contributed by atoms with Crippen molar-refractivity contribution in [3.05, 3.63) is 24.3 Å². The van der Waals surface area contributed by atoms with Gasteiger partial charge in [0, 0.05) is 18.8 Å². The van der Waals surface area contributed by atoms with Crippen molar-refractivity contribution in [2.24, 2.45) is 0 Å². The molecule has 0 amide bonds. The fourth-order valence-electron chi connectivity index (χ4n) is 1.49. The molecule has 1 aromatic carbocycles. The minimum absolute atomic E-state index is 0.0276. The van der Waals surface area contributed by atoms with Crippen molar-refractivity contribution in [1.29, 1.82) is 0 Å². The summed E-state index contributed by atoms with van der Waals surface area (Å²) in [5, 5.41) is 12.4. The molecule has 0 heterocycles. The smallest absolute Gasteiger partial charge is 0.441 e. The van der Waals surface area contributed by atoms with Gasteiger partial charge in [0.1, 0.15) is 12.7 Å². The number of hydrogen-bond acceptors (Lipinski definition) is 5. The number of hydrogen-bond donors (Lipinski definition) is 2. The van der Waals surface area contributed by atoms with Crippen molar-refractivity contribution in [3.8, 4) is 11.5 Å². The van der Waals surface area contributed by atoms with Crippen LogP contribution < -0.4 is 14.8 Å². The molecule has 1 unspecified atom stereocenters. The van der Waals surface area contributed by atoms with Crippen LogP contribution in [0.5, 0.6) is 11.5 Å². The Morgan fingerprint density at radius 3 is 2.57 bits per heavy atom. The van der Waals surface area contributed by atoms with Gasteiger partial charge in [-0.15, -0.1) is 0 Å². The first kappa shape index (κ1) is 17.9. The van der Waals surface area contributed by atoms with Crippen molar-refractivity contribution in [2.45, 2.75) is 11.6 Å². The molecule has 1 rings (SSSR count). The van der Waals surface area contributed by atoms with Crippen LogP contribution in [0.15, 0.2) is 24.3 Å². The van der Waals surface area contributed by atoms with Crippen molar-refractivity contribution < 1.29 is 27.8 Å². The third-order valence-corrected chi connectivity index (χ3v) is 3.16. The molecule has 4 nitrogen and oxygen atoms in total. The van der Waals surface area contributed by atoms with Gasteiger partial charge in [0.2, 0.25) is 0 Å². The summed E-state index contributed by atoms with van der Waals surface area (Å²) in [6.07, 6.45) is -0.814. The van der Waals surface area contributed by atoms with Gasteiger partial charge in [-0.05, 0) is 23.9 Å². The van der Waals surface area contributed by atoms with Gasteiger partial charge in [0.15, 0.2) is 11.5 Å². The lowest BCUT2D eigenvalue weighted by molar-refractivity contribution is -0.0327. The highest BCUT2D eigenvalue weighted by atomic mass is 32.2. The van der Waals surface area contributed by atoms with E-state index in [1.165, 1.54) is 7.11 Å². The van der Waals surface area contributed by atoms with Gasteiger partial charge in [-0.25, -0.2) is 0 Å². The first-order valence-corrected chi connectivity index (χ1v) is 7.26. The Bertz CT molecular complexity index is 418. The predicted molar refractivity (Wildman–Crippen MR) is 75.9 cm³/mol. The highest BCUT2D eigenvalue weighted by molar-refractivity contribution is 8.00. The van der Waals surface area contributed by atoms with Crippen LogP contribution in [-0.2, 0) is 0 Å². The second-order valence-corrected chi connectivity index (χ2v) is 5.27. The van der Waals surface area contributed by atoms with Crippen molar-refractivity contribution in [3.63, 3.8) is 0 Å². The number of aliphatic hydroxyl groups excluding tert-OH is 1. The van der Waals surface area contributed by atoms with Crippen LogP contribution in [0.4, 0.5) is 13.2 Å². The Labute approximate surface area is 125 Å². The second kappa shape index (κ2) is 9.01. The van der Waals surface area contributed by atoms with E-state index in [0.717, 1.165) is 0 Å². The maximum atomic E-state index is 11.9. The number of para-hydroxylation sites is 2. The summed E-state index contributed by atoms with van der Waals surface area (Å²) in [6, 6.07) is 7.01. The number of aliphatic hydroxyl groups is 1. The van der Waals surface area contributed by atoms with E-state index in [0.29, 0.717) is 11.5 Å². The van der Waals surface area contributed by atoms with E-state index in [1.807, 2.05) is 0 Å². The van der Waals surface area contributed by atoms with Crippen LogP contribution in [0.25, 0.3) is 0 Å². The number of halogens is 3. The molecule has 0 aliphatic carbocycles. The molecule has 0 aliphatic rings. The predicted octanol–water partition coefficient (Wildman–Crippen LogP) is 2.28. The molecule has 1 atom stereocenters. The lowest BCUT2D eigenvalue weighted by Gasteiger charge is -2.15. The molecule has 0 aromatic heterocycles. The van der Waals surface area contributed by atoms with Crippen LogP contribution in [0.1, 0.15) is 0 Å². The second-order valence-electron chi connectivity index (χ2n) is 4.11. The van der Waals surface area contributed by atoms with Crippen molar-refractivity contribution in [2.75, 3.05) is 32.6 Å². The molecule has 21 heavy (non-hydrogen) atoms. The summed E-state index contributed by atoms with van der Waals surface area (Å²) in [5.41, 5.74) is -4.22. The molecule has 1 aromatic rings. The number of rotatable bonds is 9. The summed E-state index contributed by atoms with van der Waals surface area (Å²) in [5.74, 6) is 0.967. The molecule has 120 valence electrons. The molecule has 2 N–H and O–H groups in total. The van der Waals surface area contributed by atoms with Crippen LogP contribution in [0.3, 0.4) is 0 Å². The highest BCUT2D eigenvalue weighted by Crippen LogP contribution is 2.29. The number of benzene rings is 1. The molecule has 0 aliphatic heterocycles. The van der Waals surface area contributed by atoms with E-state index >= 15 is 0 Å². The Balaban J connectivity index is 2.18. The van der Waals surface area contributed by atoms with Gasteiger partial charge in [0.25, 0.3) is 0 Å². The fourth-order valence-corrected chi connectivity index (χ4v) is 1.97. The maximum absolute atomic E-state index is 11.9. The Hall–Kier alpha value is -1.12. The van der Waals surface area contributed by atoms with Crippen LogP contribution >= 0.6 is 11.8 Å². The average molecular weight is 325 g/mol. The maximum Gasteiger partial charge on any atom is 0.441 e. The standard InChI is InChI=1S/C13H18F3NO3S/c1-19-11-4-2-3-5-12(11)20-9-10(18)8-17-6-7-21-13(14,15)16/h2-5,10,17-18H,6-9H2,1H3. The first-order valence-electron chi connectivity index (χ1n) is 6.27. The third kappa shape index (κ3) is 8.03. The number of alkyl halides is 3. The van der Waals surface area contributed by atoms with E-state index in [9.17, 15) is 18.3 Å². The van der Waals surface area contributed by atoms with E-state index in [1.54, 1.807) is 24.3 Å². The van der Waals surface area contributed by atoms with Crippen LogP contribution in [0.2, 0.25) is 0 Å². The first-order chi connectivity index (χ1) is 9.92. The van der Waals surface area contributed by atoms with E-state index < -0.39 is 11.6 Å². The number of ether oxygens (including phenoxy) is 2. The van der Waals surface area contributed by atoms with Gasteiger partial charge in [0.05, 0.1) is 7.11 Å². The quantitative estimate of drug-likeness (QED) is 0.682. The summed E-state index contributed by atoms with van der Waals surface area (Å²) < 4.78 is 46.1. The van der Waals surface area contributed by atoms with Gasteiger partial charge in [-0.1, -0.05) is 12.1 Å². The number of thioether (sulfide) groups is 1. The molecule has 0 bridgehead atoms. The van der Waals surface area contributed by atoms with Gasteiger partial charge >= 0.3 is 5.51 Å². The summed E-state index contributed by atoms with van der Waals surface area (Å²) >= 11 is -0.0915. The lowest BCUT2D eigenvalue weighted by Crippen LogP contribution is -2.32. The number of nitrogens with one attached hydrogen (secondary N) is 1. The Morgan fingerprint density at radius 2 is 1.95 bits per heavy atom. The normalized spacial score (nSPS) is 13.0. The molecular weight excluding hydrogens is 307 g/mol. The van der Waals surface area contributed by atoms with Crippen LogP contribution in [0, 0.1) is 0 Å². The van der Waals surface area contributed by atoms with Crippen LogP contribution in [-0.4, -0.2) is 49.3 Å². The Morgan fingerprint density at radius 1 is 1.29 bits per heavy atom. The molecule has 0 spiro atoms. The number of methoxy groups -OCH3 is 1. The fraction of sp³-hybridized carbons (Fsp3) is 0.538. The minimum atomic E-state index is -4.22. The lowest BCUT2D eigenvalue weighted by atomic mass is 10.3. The average Bonchev–Trinajstić information content (AvgIpc) is 2.43. The highest BCUT2D eigenvalue weighted by Gasteiger charge is 2.27. The largest absolute Gasteiger partial charge is 0.493 e. The minimum Gasteiger partial charge on any atom is -0.493 e. The van der Waals surface area contributed by atoms with Gasteiger partial charge < -0.3 is 19.9 Å². The van der Waals surface area contributed by atoms with E-state index in [-0.39, 0.29) is 37.2 Å². The summed E-state index contributed by atoms with van der Waals surface area (Å²) in [4.78, 5) is 0. The topological polar surface area (TPSA) is 50.7 Å². The van der Waals surface area contributed by atoms with E-state index in [4.69, 9.17) is 9.47 Å². The zero-order chi connectivity index (χ0) is 15.7. The summed E-state index contributed by atoms with van der Waals surface area (Å²) in [6.45, 7) is 0.350.